The number of benzene rings is 1. The molecule has 0 aliphatic carbocycles. The summed E-state index contributed by atoms with van der Waals surface area (Å²) in [6.45, 7) is 1.61. The molecular weight excluding hydrogens is 363 g/mol. The third-order valence-electron chi connectivity index (χ3n) is 2.43. The van der Waals surface area contributed by atoms with E-state index in [1.54, 1.807) is 19.1 Å². The van der Waals surface area contributed by atoms with Gasteiger partial charge >= 0.3 is 12.0 Å². The minimum Gasteiger partial charge on any atom is -0.455 e. The molecule has 0 saturated carbocycles. The normalized spacial score (nSPS) is 10.0. The van der Waals surface area contributed by atoms with E-state index in [1.807, 2.05) is 11.4 Å². The molecule has 0 unspecified atom stereocenters. The van der Waals surface area contributed by atoms with Crippen LogP contribution < -0.4 is 10.6 Å². The lowest BCUT2D eigenvalue weighted by Gasteiger charge is -2.06. The van der Waals surface area contributed by atoms with E-state index >= 15 is 0 Å². The molecule has 6 nitrogen and oxygen atoms in total. The highest BCUT2D eigenvalue weighted by molar-refractivity contribution is 7.99. The van der Waals surface area contributed by atoms with Crippen LogP contribution in [0.5, 0.6) is 0 Å². The summed E-state index contributed by atoms with van der Waals surface area (Å²) in [5.41, 5.74) is 0.922. The van der Waals surface area contributed by atoms with Gasteiger partial charge in [0.1, 0.15) is 0 Å². The third kappa shape index (κ3) is 8.11. The summed E-state index contributed by atoms with van der Waals surface area (Å²) in [4.78, 5) is 33.9. The van der Waals surface area contributed by atoms with E-state index in [9.17, 15) is 14.4 Å². The smallest absolute Gasteiger partial charge is 0.321 e. The van der Waals surface area contributed by atoms with Crippen LogP contribution in [0, 0.1) is 0 Å². The van der Waals surface area contributed by atoms with E-state index in [0.717, 1.165) is 5.56 Å². The lowest BCUT2D eigenvalue weighted by Crippen LogP contribution is -2.41. The molecule has 1 rings (SSSR count). The SMILES string of the molecule is CCNC(=O)NC(=O)COC(=O)CSCc1ccc(Cl)c(Cl)c1. The number of esters is 1. The van der Waals surface area contributed by atoms with Gasteiger partial charge in [0.05, 0.1) is 15.8 Å². The highest BCUT2D eigenvalue weighted by Crippen LogP contribution is 2.24. The first-order valence-electron chi connectivity index (χ1n) is 6.67. The number of nitrogens with one attached hydrogen (secondary N) is 2. The zero-order valence-corrected chi connectivity index (χ0v) is 14.7. The molecule has 0 atom stereocenters. The number of carbonyl (C=O) groups excluding carboxylic acids is 3. The van der Waals surface area contributed by atoms with Crippen molar-refractivity contribution in [3.63, 3.8) is 0 Å². The Labute approximate surface area is 148 Å². The number of thioether (sulfide) groups is 1. The lowest BCUT2D eigenvalue weighted by atomic mass is 10.2. The van der Waals surface area contributed by atoms with Crippen LogP contribution in [0.3, 0.4) is 0 Å². The van der Waals surface area contributed by atoms with Crippen LogP contribution in [0.2, 0.25) is 10.0 Å². The van der Waals surface area contributed by atoms with Crippen LogP contribution >= 0.6 is 35.0 Å². The molecule has 1 aromatic carbocycles. The number of hydrogen-bond acceptors (Lipinski definition) is 5. The fourth-order valence-corrected chi connectivity index (χ4v) is 2.52. The number of amides is 3. The Hall–Kier alpha value is -1.44. The van der Waals surface area contributed by atoms with Crippen molar-refractivity contribution in [3.05, 3.63) is 33.8 Å². The standard InChI is InChI=1S/C14H16Cl2N2O4S/c1-2-17-14(21)18-12(19)6-22-13(20)8-23-7-9-3-4-10(15)11(16)5-9/h3-5H,2,6-8H2,1H3,(H2,17,18,19,21). The van der Waals surface area contributed by atoms with Crippen molar-refractivity contribution < 1.29 is 19.1 Å². The van der Waals surface area contributed by atoms with Gasteiger partial charge in [0, 0.05) is 12.3 Å². The molecule has 0 aromatic heterocycles. The Bertz CT molecular complexity index is 584. The predicted molar refractivity (Wildman–Crippen MR) is 90.8 cm³/mol. The highest BCUT2D eigenvalue weighted by Gasteiger charge is 2.10. The Morgan fingerprint density at radius 3 is 2.61 bits per heavy atom. The van der Waals surface area contributed by atoms with Crippen LogP contribution in [0.15, 0.2) is 18.2 Å². The van der Waals surface area contributed by atoms with E-state index < -0.39 is 24.5 Å². The molecule has 3 amide bonds. The summed E-state index contributed by atoms with van der Waals surface area (Å²) in [5.74, 6) is -0.592. The maximum absolute atomic E-state index is 11.5. The van der Waals surface area contributed by atoms with Crippen molar-refractivity contribution >= 4 is 52.9 Å². The van der Waals surface area contributed by atoms with E-state index in [0.29, 0.717) is 22.3 Å². The van der Waals surface area contributed by atoms with Crippen molar-refractivity contribution in [2.75, 3.05) is 18.9 Å². The van der Waals surface area contributed by atoms with Gasteiger partial charge in [0.25, 0.3) is 5.91 Å². The van der Waals surface area contributed by atoms with Gasteiger partial charge in [-0.05, 0) is 24.6 Å². The number of carbonyl (C=O) groups is 3. The van der Waals surface area contributed by atoms with Gasteiger partial charge < -0.3 is 10.1 Å². The maximum Gasteiger partial charge on any atom is 0.321 e. The number of rotatable bonds is 7. The summed E-state index contributed by atoms with van der Waals surface area (Å²) in [5, 5.41) is 5.34. The van der Waals surface area contributed by atoms with Crippen molar-refractivity contribution in [1.82, 2.24) is 10.6 Å². The van der Waals surface area contributed by atoms with Gasteiger partial charge in [0.15, 0.2) is 6.61 Å². The maximum atomic E-state index is 11.5. The Morgan fingerprint density at radius 2 is 1.96 bits per heavy atom. The quantitative estimate of drug-likeness (QED) is 0.712. The minimum absolute atomic E-state index is 0.0781. The van der Waals surface area contributed by atoms with Gasteiger partial charge in [-0.15, -0.1) is 11.8 Å². The third-order valence-corrected chi connectivity index (χ3v) is 4.14. The minimum atomic E-state index is -0.682. The van der Waals surface area contributed by atoms with Crippen molar-refractivity contribution in [3.8, 4) is 0 Å². The Balaban J connectivity index is 2.22. The summed E-state index contributed by atoms with van der Waals surface area (Å²) in [7, 11) is 0. The number of ether oxygens (including phenoxy) is 1. The summed E-state index contributed by atoms with van der Waals surface area (Å²) < 4.78 is 4.76. The first kappa shape index (κ1) is 19.6. The zero-order chi connectivity index (χ0) is 17.2. The van der Waals surface area contributed by atoms with Crippen molar-refractivity contribution in [2.24, 2.45) is 0 Å². The molecule has 1 aromatic rings. The molecule has 0 bridgehead atoms. The zero-order valence-electron chi connectivity index (χ0n) is 12.4. The van der Waals surface area contributed by atoms with Crippen LogP contribution in [-0.4, -0.2) is 36.8 Å². The van der Waals surface area contributed by atoms with E-state index in [1.165, 1.54) is 11.8 Å². The lowest BCUT2D eigenvalue weighted by molar-refractivity contribution is -0.145. The largest absolute Gasteiger partial charge is 0.455 e. The van der Waals surface area contributed by atoms with Crippen LogP contribution in [0.25, 0.3) is 0 Å². The number of hydrogen-bond donors (Lipinski definition) is 2. The second-order valence-corrected chi connectivity index (χ2v) is 6.11. The molecule has 0 heterocycles. The van der Waals surface area contributed by atoms with Gasteiger partial charge in [-0.3, -0.25) is 14.9 Å². The number of urea groups is 1. The first-order valence-corrected chi connectivity index (χ1v) is 8.58. The molecule has 0 fully saturated rings. The monoisotopic (exact) mass is 378 g/mol. The van der Waals surface area contributed by atoms with Gasteiger partial charge in [0.2, 0.25) is 0 Å². The Kier molecular flexibility index (Phi) is 8.83. The number of imide groups is 1. The molecule has 9 heteroatoms. The second kappa shape index (κ2) is 10.4. The molecule has 2 N–H and O–H groups in total. The summed E-state index contributed by atoms with van der Waals surface area (Å²) in [6, 6.07) is 4.60. The highest BCUT2D eigenvalue weighted by atomic mass is 35.5. The number of halogens is 2. The molecule has 23 heavy (non-hydrogen) atoms. The molecule has 0 saturated heterocycles. The summed E-state index contributed by atoms with van der Waals surface area (Å²) in [6.07, 6.45) is 0. The predicted octanol–water partition coefficient (Wildman–Crippen LogP) is 2.62. The van der Waals surface area contributed by atoms with Crippen LogP contribution in [0.4, 0.5) is 4.79 Å². The Morgan fingerprint density at radius 1 is 1.22 bits per heavy atom. The van der Waals surface area contributed by atoms with Crippen molar-refractivity contribution in [1.29, 1.82) is 0 Å². The summed E-state index contributed by atoms with van der Waals surface area (Å²) >= 11 is 13.0. The average Bonchev–Trinajstić information content (AvgIpc) is 2.49. The van der Waals surface area contributed by atoms with E-state index in [4.69, 9.17) is 27.9 Å². The van der Waals surface area contributed by atoms with E-state index in [2.05, 4.69) is 5.32 Å². The molecule has 0 aliphatic heterocycles. The molecule has 0 aliphatic rings. The van der Waals surface area contributed by atoms with Crippen molar-refractivity contribution in [2.45, 2.75) is 12.7 Å². The fourth-order valence-electron chi connectivity index (χ4n) is 1.44. The fraction of sp³-hybridized carbons (Fsp3) is 0.357. The topological polar surface area (TPSA) is 84.5 Å². The van der Waals surface area contributed by atoms with E-state index in [-0.39, 0.29) is 5.75 Å². The molecule has 0 spiro atoms. The van der Waals surface area contributed by atoms with Gasteiger partial charge in [-0.1, -0.05) is 29.3 Å². The molecule has 126 valence electrons. The first-order chi connectivity index (χ1) is 10.9. The van der Waals surface area contributed by atoms with Crippen LogP contribution in [-0.2, 0) is 20.1 Å². The van der Waals surface area contributed by atoms with Crippen LogP contribution in [0.1, 0.15) is 12.5 Å². The molecule has 0 radical (unpaired) electrons. The average molecular weight is 379 g/mol. The van der Waals surface area contributed by atoms with Gasteiger partial charge in [-0.2, -0.15) is 0 Å². The second-order valence-electron chi connectivity index (χ2n) is 4.31. The van der Waals surface area contributed by atoms with Gasteiger partial charge in [-0.25, -0.2) is 4.79 Å². The molecular formula is C14H16Cl2N2O4S.